The average Bonchev–Trinajstić information content (AvgIpc) is 3.14. The zero-order valence-electron chi connectivity index (χ0n) is 16.0. The molecule has 1 aliphatic carbocycles. The molecule has 4 rings (SSSR count). The molecule has 27 heavy (non-hydrogen) atoms. The number of benzene rings is 2. The van der Waals surface area contributed by atoms with Crippen molar-refractivity contribution in [2.75, 3.05) is 19.8 Å². The summed E-state index contributed by atoms with van der Waals surface area (Å²) < 4.78 is 12.0. The van der Waals surface area contributed by atoms with Gasteiger partial charge in [0.25, 0.3) is 0 Å². The molecule has 1 aliphatic heterocycles. The van der Waals surface area contributed by atoms with Crippen LogP contribution in [0.4, 0.5) is 0 Å². The van der Waals surface area contributed by atoms with E-state index in [2.05, 4.69) is 72.1 Å². The fraction of sp³-hybridized carbons (Fsp3) is 0.417. The Bertz CT molecular complexity index is 696. The Hall–Kier alpha value is -1.94. The molecule has 0 N–H and O–H groups in total. The molecule has 0 amide bonds. The van der Waals surface area contributed by atoms with Gasteiger partial charge in [-0.15, -0.1) is 0 Å². The Morgan fingerprint density at radius 2 is 1.44 bits per heavy atom. The Kier molecular flexibility index (Phi) is 5.72. The van der Waals surface area contributed by atoms with Crippen molar-refractivity contribution >= 4 is 0 Å². The Labute approximate surface area is 162 Å². The van der Waals surface area contributed by atoms with Crippen LogP contribution in [0, 0.1) is 5.92 Å². The first kappa shape index (κ1) is 18.4. The molecular formula is C24H29NO2. The maximum absolute atomic E-state index is 6.00. The number of nitrogens with zero attached hydrogens (tertiary/aromatic N) is 1. The summed E-state index contributed by atoms with van der Waals surface area (Å²) in [7, 11) is 0. The van der Waals surface area contributed by atoms with Gasteiger partial charge >= 0.3 is 0 Å². The lowest BCUT2D eigenvalue weighted by Gasteiger charge is -2.39. The van der Waals surface area contributed by atoms with Crippen LogP contribution in [-0.2, 0) is 22.6 Å². The Morgan fingerprint density at radius 3 is 2.00 bits per heavy atom. The first-order valence-electron chi connectivity index (χ1n) is 9.98. The van der Waals surface area contributed by atoms with Gasteiger partial charge in [0, 0.05) is 32.5 Å². The van der Waals surface area contributed by atoms with Gasteiger partial charge < -0.3 is 9.47 Å². The smallest absolute Gasteiger partial charge is 0.169 e. The predicted octanol–water partition coefficient (Wildman–Crippen LogP) is 4.79. The minimum atomic E-state index is -0.364. The van der Waals surface area contributed by atoms with E-state index in [1.807, 2.05) is 0 Å². The summed E-state index contributed by atoms with van der Waals surface area (Å²) in [6, 6.07) is 21.4. The van der Waals surface area contributed by atoms with Crippen molar-refractivity contribution in [2.45, 2.75) is 38.1 Å². The second kappa shape index (κ2) is 8.39. The van der Waals surface area contributed by atoms with Gasteiger partial charge in [0.15, 0.2) is 5.79 Å². The molecule has 1 spiro atoms. The highest BCUT2D eigenvalue weighted by Gasteiger charge is 2.42. The normalized spacial score (nSPS) is 21.8. The fourth-order valence-electron chi connectivity index (χ4n) is 4.31. The molecule has 2 aromatic rings. The third-order valence-corrected chi connectivity index (χ3v) is 5.75. The molecule has 0 radical (unpaired) electrons. The Balaban J connectivity index is 1.49. The number of hydrogen-bond donors (Lipinski definition) is 0. The van der Waals surface area contributed by atoms with Crippen LogP contribution in [0.5, 0.6) is 0 Å². The predicted molar refractivity (Wildman–Crippen MR) is 108 cm³/mol. The molecule has 2 aromatic carbocycles. The molecule has 142 valence electrons. The second-order valence-electron chi connectivity index (χ2n) is 7.81. The van der Waals surface area contributed by atoms with Gasteiger partial charge in [-0.25, -0.2) is 0 Å². The monoisotopic (exact) mass is 363 g/mol. The molecule has 2 fully saturated rings. The summed E-state index contributed by atoms with van der Waals surface area (Å²) >= 11 is 0. The van der Waals surface area contributed by atoms with E-state index in [1.54, 1.807) is 0 Å². The van der Waals surface area contributed by atoms with Crippen molar-refractivity contribution in [2.24, 2.45) is 5.92 Å². The van der Waals surface area contributed by atoms with Crippen molar-refractivity contribution < 1.29 is 9.47 Å². The molecule has 0 aromatic heterocycles. The highest BCUT2D eigenvalue weighted by Crippen LogP contribution is 2.41. The van der Waals surface area contributed by atoms with Crippen LogP contribution in [-0.4, -0.2) is 30.4 Å². The topological polar surface area (TPSA) is 21.7 Å². The van der Waals surface area contributed by atoms with Gasteiger partial charge in [0.1, 0.15) is 0 Å². The number of hydrogen-bond acceptors (Lipinski definition) is 3. The van der Waals surface area contributed by atoms with E-state index in [0.717, 1.165) is 52.1 Å². The van der Waals surface area contributed by atoms with Crippen molar-refractivity contribution in [1.29, 1.82) is 0 Å². The zero-order chi connectivity index (χ0) is 18.5. The number of ether oxygens (including phenoxy) is 2. The molecule has 1 saturated heterocycles. The van der Waals surface area contributed by atoms with Crippen molar-refractivity contribution in [3.8, 4) is 0 Å². The quantitative estimate of drug-likeness (QED) is 0.689. The van der Waals surface area contributed by atoms with Gasteiger partial charge in [0.2, 0.25) is 0 Å². The van der Waals surface area contributed by atoms with Crippen LogP contribution in [0.2, 0.25) is 0 Å². The fourth-order valence-corrected chi connectivity index (χ4v) is 4.31. The summed E-state index contributed by atoms with van der Waals surface area (Å²) in [5, 5.41) is 0. The first-order chi connectivity index (χ1) is 13.2. The van der Waals surface area contributed by atoms with E-state index in [0.29, 0.717) is 5.92 Å². The van der Waals surface area contributed by atoms with E-state index in [-0.39, 0.29) is 5.79 Å². The van der Waals surface area contributed by atoms with E-state index in [9.17, 15) is 0 Å². The first-order valence-corrected chi connectivity index (χ1v) is 9.98. The van der Waals surface area contributed by atoms with Gasteiger partial charge in [-0.05, 0) is 23.5 Å². The van der Waals surface area contributed by atoms with Crippen LogP contribution >= 0.6 is 0 Å². The van der Waals surface area contributed by atoms with Gasteiger partial charge in [-0.2, -0.15) is 0 Å². The summed E-state index contributed by atoms with van der Waals surface area (Å²) in [6.07, 6.45) is 2.86. The van der Waals surface area contributed by atoms with Crippen LogP contribution in [0.15, 0.2) is 72.8 Å². The third-order valence-electron chi connectivity index (χ3n) is 5.75. The summed E-state index contributed by atoms with van der Waals surface area (Å²) in [4.78, 5) is 2.54. The molecule has 1 heterocycles. The molecule has 0 bridgehead atoms. The molecule has 3 nitrogen and oxygen atoms in total. The highest BCUT2D eigenvalue weighted by atomic mass is 16.7. The van der Waals surface area contributed by atoms with E-state index >= 15 is 0 Å². The van der Waals surface area contributed by atoms with E-state index in [4.69, 9.17) is 9.47 Å². The van der Waals surface area contributed by atoms with Crippen molar-refractivity contribution in [3.05, 3.63) is 83.9 Å². The molecule has 1 atom stereocenters. The maximum Gasteiger partial charge on any atom is 0.169 e. The molecule has 1 saturated carbocycles. The minimum Gasteiger partial charge on any atom is -0.348 e. The lowest BCUT2D eigenvalue weighted by molar-refractivity contribution is -0.180. The van der Waals surface area contributed by atoms with Crippen LogP contribution in [0.25, 0.3) is 0 Å². The van der Waals surface area contributed by atoms with E-state index in [1.165, 1.54) is 16.7 Å². The lowest BCUT2D eigenvalue weighted by atomic mass is 9.81. The molecule has 1 unspecified atom stereocenters. The molecule has 2 aliphatic rings. The zero-order valence-corrected chi connectivity index (χ0v) is 16.0. The average molecular weight is 364 g/mol. The SMILES string of the molecule is C=C1CCC2(CC1CN(Cc1ccccc1)Cc1ccccc1)OCCO2. The Morgan fingerprint density at radius 1 is 0.889 bits per heavy atom. The summed E-state index contributed by atoms with van der Waals surface area (Å²) in [5.41, 5.74) is 4.03. The van der Waals surface area contributed by atoms with Crippen LogP contribution < -0.4 is 0 Å². The van der Waals surface area contributed by atoms with Gasteiger partial charge in [0.05, 0.1) is 13.2 Å². The largest absolute Gasteiger partial charge is 0.348 e. The summed E-state index contributed by atoms with van der Waals surface area (Å²) in [5.74, 6) is 0.0427. The van der Waals surface area contributed by atoms with Crippen molar-refractivity contribution in [3.63, 3.8) is 0 Å². The highest BCUT2D eigenvalue weighted by molar-refractivity contribution is 5.18. The lowest BCUT2D eigenvalue weighted by Crippen LogP contribution is -2.41. The van der Waals surface area contributed by atoms with Crippen LogP contribution in [0.1, 0.15) is 30.4 Å². The standard InChI is InChI=1S/C24H29NO2/c1-20-12-13-24(26-14-15-27-24)16-23(20)19-25(17-21-8-4-2-5-9-21)18-22-10-6-3-7-11-22/h2-11,23H,1,12-19H2. The minimum absolute atomic E-state index is 0.364. The van der Waals surface area contributed by atoms with Crippen LogP contribution in [0.3, 0.4) is 0 Å². The van der Waals surface area contributed by atoms with Crippen molar-refractivity contribution in [1.82, 2.24) is 4.90 Å². The number of rotatable bonds is 6. The molecular weight excluding hydrogens is 334 g/mol. The maximum atomic E-state index is 6.00. The van der Waals surface area contributed by atoms with Gasteiger partial charge in [-0.1, -0.05) is 72.8 Å². The second-order valence-corrected chi connectivity index (χ2v) is 7.81. The van der Waals surface area contributed by atoms with E-state index < -0.39 is 0 Å². The third kappa shape index (κ3) is 4.67. The van der Waals surface area contributed by atoms with Gasteiger partial charge in [-0.3, -0.25) is 4.90 Å². The molecule has 3 heteroatoms. The summed E-state index contributed by atoms with van der Waals surface area (Å²) in [6.45, 7) is 8.68.